The highest BCUT2D eigenvalue weighted by Gasteiger charge is 2.29. The summed E-state index contributed by atoms with van der Waals surface area (Å²) in [6.07, 6.45) is 3.76. The maximum atomic E-state index is 12.2. The summed E-state index contributed by atoms with van der Waals surface area (Å²) in [6.45, 7) is 18.0. The lowest BCUT2D eigenvalue weighted by Crippen LogP contribution is -2.44. The predicted octanol–water partition coefficient (Wildman–Crippen LogP) is 5.14. The van der Waals surface area contributed by atoms with Gasteiger partial charge in [0.2, 0.25) is 0 Å². The van der Waals surface area contributed by atoms with Crippen molar-refractivity contribution in [3.05, 3.63) is 17.8 Å². The number of rotatable bonds is 3. The van der Waals surface area contributed by atoms with Gasteiger partial charge in [-0.2, -0.15) is 0 Å². The number of carbonyl (C=O) groups is 1. The first-order valence-corrected chi connectivity index (χ1v) is 9.74. The van der Waals surface area contributed by atoms with Crippen molar-refractivity contribution in [3.63, 3.8) is 0 Å². The van der Waals surface area contributed by atoms with Crippen LogP contribution in [0.5, 0.6) is 5.88 Å². The number of hydrogen-bond donors (Lipinski definition) is 0. The molecule has 0 saturated carbocycles. The van der Waals surface area contributed by atoms with E-state index in [1.54, 1.807) is 4.90 Å². The smallest absolute Gasteiger partial charge is 0.410 e. The summed E-state index contributed by atoms with van der Waals surface area (Å²) in [7, 11) is 0. The number of piperidine rings is 1. The average molecular weight is 365 g/mol. The number of amides is 1. The third-order valence-corrected chi connectivity index (χ3v) is 4.58. The van der Waals surface area contributed by atoms with Gasteiger partial charge in [0.05, 0.1) is 0 Å². The maximum Gasteiger partial charge on any atom is 0.410 e. The molecule has 0 atom stereocenters. The highest BCUT2D eigenvalue weighted by molar-refractivity contribution is 5.68. The molecule has 1 amide bonds. The van der Waals surface area contributed by atoms with Gasteiger partial charge in [0, 0.05) is 43.7 Å². The van der Waals surface area contributed by atoms with Gasteiger partial charge in [0.1, 0.15) is 11.7 Å². The Hall–Kier alpha value is -1.65. The van der Waals surface area contributed by atoms with Gasteiger partial charge < -0.3 is 18.9 Å². The van der Waals surface area contributed by atoms with Crippen LogP contribution in [0.25, 0.3) is 0 Å². The Morgan fingerprint density at radius 3 is 2.15 bits per heavy atom. The van der Waals surface area contributed by atoms with Gasteiger partial charge in [0.25, 0.3) is 0 Å². The zero-order chi connectivity index (χ0) is 19.7. The van der Waals surface area contributed by atoms with Crippen molar-refractivity contribution in [2.45, 2.75) is 91.4 Å². The van der Waals surface area contributed by atoms with Gasteiger partial charge in [-0.3, -0.25) is 0 Å². The monoisotopic (exact) mass is 364 g/mol. The van der Waals surface area contributed by atoms with Crippen LogP contribution in [0.3, 0.4) is 0 Å². The molecule has 1 aromatic rings. The van der Waals surface area contributed by atoms with Crippen LogP contribution in [-0.2, 0) is 10.3 Å². The number of nitrogens with zero attached hydrogens (tertiary/aromatic N) is 2. The summed E-state index contributed by atoms with van der Waals surface area (Å²) in [5.74, 6) is 1.40. The molecule has 0 unspecified atom stereocenters. The van der Waals surface area contributed by atoms with Crippen LogP contribution in [0.2, 0.25) is 0 Å². The predicted molar refractivity (Wildman–Crippen MR) is 105 cm³/mol. The molecule has 1 saturated heterocycles. The van der Waals surface area contributed by atoms with Gasteiger partial charge >= 0.3 is 6.09 Å². The third-order valence-electron chi connectivity index (χ3n) is 4.58. The van der Waals surface area contributed by atoms with E-state index < -0.39 is 5.60 Å². The summed E-state index contributed by atoms with van der Waals surface area (Å²) < 4.78 is 14.0. The number of likely N-dealkylation sites (tertiary alicyclic amines) is 1. The van der Waals surface area contributed by atoms with E-state index in [4.69, 9.17) is 9.47 Å². The molecule has 2 heterocycles. The number of carbonyl (C=O) groups excluding carboxylic acids is 1. The number of hydrogen-bond acceptors (Lipinski definition) is 3. The Morgan fingerprint density at radius 2 is 1.69 bits per heavy atom. The van der Waals surface area contributed by atoms with Crippen LogP contribution in [0.1, 0.15) is 79.7 Å². The van der Waals surface area contributed by atoms with Crippen LogP contribution in [0.15, 0.2) is 12.3 Å². The highest BCUT2D eigenvalue weighted by Crippen LogP contribution is 2.31. The Labute approximate surface area is 158 Å². The third kappa shape index (κ3) is 5.42. The van der Waals surface area contributed by atoms with Gasteiger partial charge in [-0.25, -0.2) is 4.79 Å². The lowest BCUT2D eigenvalue weighted by Gasteiger charge is -2.34. The molecular formula is C21H36N2O3. The zero-order valence-corrected chi connectivity index (χ0v) is 17.8. The van der Waals surface area contributed by atoms with Gasteiger partial charge in [-0.15, -0.1) is 0 Å². The molecule has 0 aromatic carbocycles. The van der Waals surface area contributed by atoms with Crippen molar-refractivity contribution in [3.8, 4) is 5.88 Å². The van der Waals surface area contributed by atoms with Crippen molar-refractivity contribution in [1.82, 2.24) is 9.47 Å². The normalized spacial score (nSPS) is 16.9. The van der Waals surface area contributed by atoms with Crippen molar-refractivity contribution in [2.24, 2.45) is 0 Å². The van der Waals surface area contributed by atoms with Gasteiger partial charge in [-0.1, -0.05) is 13.8 Å². The topological polar surface area (TPSA) is 43.7 Å². The summed E-state index contributed by atoms with van der Waals surface area (Å²) in [6, 6.07) is 2.16. The minimum Gasteiger partial charge on any atom is -0.475 e. The molecule has 5 nitrogen and oxygen atoms in total. The van der Waals surface area contributed by atoms with E-state index in [-0.39, 0.29) is 17.7 Å². The highest BCUT2D eigenvalue weighted by atomic mass is 16.6. The van der Waals surface area contributed by atoms with Crippen molar-refractivity contribution in [2.75, 3.05) is 13.1 Å². The maximum absolute atomic E-state index is 12.2. The summed E-state index contributed by atoms with van der Waals surface area (Å²) in [4.78, 5) is 14.0. The quantitative estimate of drug-likeness (QED) is 0.745. The van der Waals surface area contributed by atoms with Crippen LogP contribution in [0.4, 0.5) is 4.79 Å². The first-order chi connectivity index (χ1) is 11.9. The van der Waals surface area contributed by atoms with Crippen LogP contribution < -0.4 is 4.74 Å². The second-order valence-electron chi connectivity index (χ2n) is 9.59. The molecule has 0 aliphatic carbocycles. The first kappa shape index (κ1) is 20.7. The van der Waals surface area contributed by atoms with Gasteiger partial charge in [-0.05, 0) is 53.0 Å². The minimum absolute atomic E-state index is 0.0281. The molecule has 0 bridgehead atoms. The standard InChI is InChI=1S/C21H36N2O3/c1-15(2)16-13-18(23(14-16)20(3,4)5)25-17-9-11-22(12-10-17)19(24)26-21(6,7)8/h13-15,17H,9-12H2,1-8H3. The summed E-state index contributed by atoms with van der Waals surface area (Å²) in [5.41, 5.74) is 0.811. The number of aromatic nitrogens is 1. The largest absolute Gasteiger partial charge is 0.475 e. The van der Waals surface area contributed by atoms with E-state index in [1.165, 1.54) is 5.56 Å². The molecule has 0 spiro atoms. The van der Waals surface area contributed by atoms with E-state index in [0.29, 0.717) is 19.0 Å². The molecule has 1 aliphatic heterocycles. The van der Waals surface area contributed by atoms with Crippen molar-refractivity contribution < 1.29 is 14.3 Å². The summed E-state index contributed by atoms with van der Waals surface area (Å²) in [5, 5.41) is 0. The molecule has 26 heavy (non-hydrogen) atoms. The molecule has 1 aromatic heterocycles. The molecule has 2 rings (SSSR count). The second kappa shape index (κ2) is 7.53. The molecule has 0 N–H and O–H groups in total. The van der Waals surface area contributed by atoms with E-state index in [2.05, 4.69) is 51.4 Å². The van der Waals surface area contributed by atoms with E-state index >= 15 is 0 Å². The van der Waals surface area contributed by atoms with Crippen LogP contribution in [0, 0.1) is 0 Å². The SMILES string of the molecule is CC(C)c1cc(OC2CCN(C(=O)OC(C)(C)C)CC2)n(C(C)(C)C)c1. The van der Waals surface area contributed by atoms with Crippen molar-refractivity contribution in [1.29, 1.82) is 0 Å². The average Bonchev–Trinajstić information content (AvgIpc) is 2.90. The fourth-order valence-electron chi connectivity index (χ4n) is 3.05. The summed E-state index contributed by atoms with van der Waals surface area (Å²) >= 11 is 0. The molecule has 148 valence electrons. The molecule has 5 heteroatoms. The molecule has 1 aliphatic rings. The Kier molecular flexibility index (Phi) is 5.99. The molecule has 0 radical (unpaired) electrons. The molecular weight excluding hydrogens is 328 g/mol. The first-order valence-electron chi connectivity index (χ1n) is 9.74. The second-order valence-corrected chi connectivity index (χ2v) is 9.59. The van der Waals surface area contributed by atoms with E-state index in [1.807, 2.05) is 20.8 Å². The Morgan fingerprint density at radius 1 is 1.12 bits per heavy atom. The van der Waals surface area contributed by atoms with Crippen LogP contribution in [-0.4, -0.2) is 40.4 Å². The van der Waals surface area contributed by atoms with Crippen LogP contribution >= 0.6 is 0 Å². The fourth-order valence-corrected chi connectivity index (χ4v) is 3.05. The lowest BCUT2D eigenvalue weighted by atomic mass is 10.1. The van der Waals surface area contributed by atoms with Gasteiger partial charge in [0.15, 0.2) is 5.88 Å². The fraction of sp³-hybridized carbons (Fsp3) is 0.762. The number of ether oxygens (including phenoxy) is 2. The Balaban J connectivity index is 2.00. The van der Waals surface area contributed by atoms with Crippen molar-refractivity contribution >= 4 is 6.09 Å². The minimum atomic E-state index is -0.453. The van der Waals surface area contributed by atoms with E-state index in [9.17, 15) is 4.79 Å². The lowest BCUT2D eigenvalue weighted by molar-refractivity contribution is 0.0117. The zero-order valence-electron chi connectivity index (χ0n) is 17.8. The Bertz CT molecular complexity index is 612. The van der Waals surface area contributed by atoms with E-state index in [0.717, 1.165) is 18.7 Å². The molecule has 1 fully saturated rings.